The Hall–Kier alpha value is -3.08. The topological polar surface area (TPSA) is 116 Å². The second kappa shape index (κ2) is 8.74. The van der Waals surface area contributed by atoms with Gasteiger partial charge in [0.25, 0.3) is 0 Å². The van der Waals surface area contributed by atoms with E-state index in [0.717, 1.165) is 0 Å². The van der Waals surface area contributed by atoms with Gasteiger partial charge in [0.05, 0.1) is 41.5 Å². The van der Waals surface area contributed by atoms with Crippen LogP contribution in [0, 0.1) is 0 Å². The van der Waals surface area contributed by atoms with Crippen molar-refractivity contribution < 1.29 is 22.3 Å². The van der Waals surface area contributed by atoms with Gasteiger partial charge in [0.2, 0.25) is 10.0 Å². The molecule has 1 aromatic heterocycles. The van der Waals surface area contributed by atoms with Crippen LogP contribution >= 0.6 is 0 Å². The number of ether oxygens (including phenoxy) is 1. The SMILES string of the molecule is CNS(=O)(=O)c1cccc(-c2cc(C(=O)OC)cc3c2ncn3C/C(F)=C/CN)c1. The number of nitrogens with one attached hydrogen (secondary N) is 1. The number of esters is 1. The molecule has 3 N–H and O–H groups in total. The van der Waals surface area contributed by atoms with Gasteiger partial charge in [-0.2, -0.15) is 0 Å². The number of imidazole rings is 1. The van der Waals surface area contributed by atoms with E-state index in [1.165, 1.54) is 38.7 Å². The highest BCUT2D eigenvalue weighted by atomic mass is 32.2. The van der Waals surface area contributed by atoms with Gasteiger partial charge in [-0.05, 0) is 43.0 Å². The molecule has 3 aromatic rings. The monoisotopic (exact) mass is 432 g/mol. The predicted molar refractivity (Wildman–Crippen MR) is 111 cm³/mol. The molecule has 0 spiro atoms. The molecule has 0 saturated heterocycles. The number of hydrogen-bond donors (Lipinski definition) is 2. The fourth-order valence-corrected chi connectivity index (χ4v) is 3.82. The molecule has 8 nitrogen and oxygen atoms in total. The lowest BCUT2D eigenvalue weighted by atomic mass is 10.0. The lowest BCUT2D eigenvalue weighted by molar-refractivity contribution is 0.0601. The number of hydrogen-bond acceptors (Lipinski definition) is 6. The van der Waals surface area contributed by atoms with Crippen molar-refractivity contribution in [2.45, 2.75) is 11.4 Å². The van der Waals surface area contributed by atoms with Gasteiger partial charge in [-0.3, -0.25) is 0 Å². The zero-order valence-electron chi connectivity index (χ0n) is 16.4. The van der Waals surface area contributed by atoms with Gasteiger partial charge in [-0.1, -0.05) is 12.1 Å². The van der Waals surface area contributed by atoms with Crippen LogP contribution in [0.2, 0.25) is 0 Å². The number of methoxy groups -OCH3 is 1. The molecule has 0 amide bonds. The van der Waals surface area contributed by atoms with Crippen LogP contribution in [0.5, 0.6) is 0 Å². The van der Waals surface area contributed by atoms with Crippen molar-refractivity contribution >= 4 is 27.0 Å². The standard InChI is InChI=1S/C20H21FN4O4S/c1-23-30(27,28)16-5-3-4-13(8-16)17-9-14(20(26)29-2)10-18-19(17)24-12-25(18)11-15(21)6-7-22/h3-6,8-10,12,23H,7,11,22H2,1-2H3/b15-6-. The molecule has 0 unspecified atom stereocenters. The Morgan fingerprint density at radius 2 is 2.10 bits per heavy atom. The first-order valence-electron chi connectivity index (χ1n) is 8.96. The number of sulfonamides is 1. The summed E-state index contributed by atoms with van der Waals surface area (Å²) in [5.41, 5.74) is 7.62. The zero-order chi connectivity index (χ0) is 21.9. The molecule has 0 radical (unpaired) electrons. The third-order valence-corrected chi connectivity index (χ3v) is 5.94. The number of nitrogens with two attached hydrogens (primary N) is 1. The Morgan fingerprint density at radius 1 is 1.33 bits per heavy atom. The van der Waals surface area contributed by atoms with Crippen LogP contribution in [0.25, 0.3) is 22.2 Å². The van der Waals surface area contributed by atoms with E-state index in [1.807, 2.05) is 0 Å². The van der Waals surface area contributed by atoms with Gasteiger partial charge < -0.3 is 15.0 Å². The molecular weight excluding hydrogens is 411 g/mol. The number of benzene rings is 2. The van der Waals surface area contributed by atoms with Crippen molar-refractivity contribution in [1.82, 2.24) is 14.3 Å². The second-order valence-corrected chi connectivity index (χ2v) is 8.26. The van der Waals surface area contributed by atoms with E-state index < -0.39 is 21.8 Å². The summed E-state index contributed by atoms with van der Waals surface area (Å²) in [5, 5.41) is 0. The predicted octanol–water partition coefficient (Wildman–Crippen LogP) is 2.21. The molecule has 158 valence electrons. The fourth-order valence-electron chi connectivity index (χ4n) is 3.05. The minimum Gasteiger partial charge on any atom is -0.465 e. The Balaban J connectivity index is 2.24. The summed E-state index contributed by atoms with van der Waals surface area (Å²) < 4.78 is 47.1. The molecule has 0 fully saturated rings. The molecular formula is C20H21FN4O4S. The van der Waals surface area contributed by atoms with Crippen LogP contribution < -0.4 is 10.5 Å². The molecule has 0 aliphatic carbocycles. The Bertz CT molecular complexity index is 1230. The van der Waals surface area contributed by atoms with Crippen molar-refractivity contribution in [3.63, 3.8) is 0 Å². The van der Waals surface area contributed by atoms with Crippen LogP contribution in [0.3, 0.4) is 0 Å². The van der Waals surface area contributed by atoms with Crippen LogP contribution in [0.15, 0.2) is 59.5 Å². The molecule has 0 atom stereocenters. The number of rotatable bonds is 7. The van der Waals surface area contributed by atoms with Crippen molar-refractivity contribution in [2.24, 2.45) is 5.73 Å². The van der Waals surface area contributed by atoms with Crippen LogP contribution in [0.1, 0.15) is 10.4 Å². The van der Waals surface area contributed by atoms with Gasteiger partial charge >= 0.3 is 5.97 Å². The first-order valence-corrected chi connectivity index (χ1v) is 10.4. The van der Waals surface area contributed by atoms with Crippen molar-refractivity contribution in [1.29, 1.82) is 0 Å². The number of allylic oxidation sites excluding steroid dienone is 1. The number of fused-ring (bicyclic) bond motifs is 1. The molecule has 1 heterocycles. The van der Waals surface area contributed by atoms with Gasteiger partial charge in [0.1, 0.15) is 5.83 Å². The van der Waals surface area contributed by atoms with E-state index in [1.54, 1.807) is 28.8 Å². The van der Waals surface area contributed by atoms with Crippen molar-refractivity contribution in [3.05, 3.63) is 60.2 Å². The zero-order valence-corrected chi connectivity index (χ0v) is 17.2. The highest BCUT2D eigenvalue weighted by molar-refractivity contribution is 7.89. The van der Waals surface area contributed by atoms with Crippen molar-refractivity contribution in [2.75, 3.05) is 20.7 Å². The molecule has 30 heavy (non-hydrogen) atoms. The minimum atomic E-state index is -3.67. The number of halogens is 1. The lowest BCUT2D eigenvalue weighted by Gasteiger charge is -2.10. The summed E-state index contributed by atoms with van der Waals surface area (Å²) in [4.78, 5) is 16.6. The van der Waals surface area contributed by atoms with Crippen LogP contribution in [-0.2, 0) is 21.3 Å². The molecule has 0 bridgehead atoms. The maximum absolute atomic E-state index is 14.0. The molecule has 2 aromatic carbocycles. The number of carbonyl (C=O) groups is 1. The average Bonchev–Trinajstić information content (AvgIpc) is 3.15. The summed E-state index contributed by atoms with van der Waals surface area (Å²) in [5.74, 6) is -1.02. The largest absolute Gasteiger partial charge is 0.465 e. The van der Waals surface area contributed by atoms with E-state index in [9.17, 15) is 17.6 Å². The fraction of sp³-hybridized carbons (Fsp3) is 0.200. The van der Waals surface area contributed by atoms with E-state index >= 15 is 0 Å². The van der Waals surface area contributed by atoms with E-state index in [-0.39, 0.29) is 23.5 Å². The van der Waals surface area contributed by atoms with E-state index in [2.05, 4.69) is 9.71 Å². The molecule has 0 aliphatic heterocycles. The van der Waals surface area contributed by atoms with Crippen molar-refractivity contribution in [3.8, 4) is 11.1 Å². The third kappa shape index (κ3) is 4.25. The summed E-state index contributed by atoms with van der Waals surface area (Å²) in [6.07, 6.45) is 2.70. The van der Waals surface area contributed by atoms with Crippen LogP contribution in [-0.4, -0.2) is 44.6 Å². The first-order chi connectivity index (χ1) is 14.3. The minimum absolute atomic E-state index is 0.0594. The van der Waals surface area contributed by atoms with Gasteiger partial charge in [0.15, 0.2) is 0 Å². The normalized spacial score (nSPS) is 12.3. The number of aromatic nitrogens is 2. The average molecular weight is 432 g/mol. The summed E-state index contributed by atoms with van der Waals surface area (Å²) in [6.45, 7) is -0.0458. The van der Waals surface area contributed by atoms with Crippen LogP contribution in [0.4, 0.5) is 4.39 Å². The molecule has 0 aliphatic rings. The van der Waals surface area contributed by atoms with E-state index in [4.69, 9.17) is 10.5 Å². The smallest absolute Gasteiger partial charge is 0.337 e. The number of carbonyl (C=O) groups excluding carboxylic acids is 1. The van der Waals surface area contributed by atoms with Gasteiger partial charge in [-0.25, -0.2) is 27.3 Å². The Kier molecular flexibility index (Phi) is 6.30. The van der Waals surface area contributed by atoms with Gasteiger partial charge in [0, 0.05) is 12.1 Å². The maximum atomic E-state index is 14.0. The summed E-state index contributed by atoms with van der Waals surface area (Å²) in [6, 6.07) is 9.37. The summed E-state index contributed by atoms with van der Waals surface area (Å²) in [7, 11) is -1.09. The highest BCUT2D eigenvalue weighted by Gasteiger charge is 2.18. The molecule has 10 heteroatoms. The molecule has 3 rings (SSSR count). The quantitative estimate of drug-likeness (QED) is 0.553. The molecule has 0 saturated carbocycles. The highest BCUT2D eigenvalue weighted by Crippen LogP contribution is 2.31. The lowest BCUT2D eigenvalue weighted by Crippen LogP contribution is -2.18. The Labute approximate surface area is 173 Å². The summed E-state index contributed by atoms with van der Waals surface area (Å²) >= 11 is 0. The second-order valence-electron chi connectivity index (χ2n) is 6.38. The third-order valence-electron chi connectivity index (χ3n) is 4.53. The first kappa shape index (κ1) is 21.6. The Morgan fingerprint density at radius 3 is 2.77 bits per heavy atom. The maximum Gasteiger partial charge on any atom is 0.337 e. The van der Waals surface area contributed by atoms with E-state index in [0.29, 0.717) is 22.2 Å². The number of nitrogens with zero attached hydrogens (tertiary/aromatic N) is 2. The van der Waals surface area contributed by atoms with Gasteiger partial charge in [-0.15, -0.1) is 0 Å².